The molecule has 0 N–H and O–H groups in total. The highest BCUT2D eigenvalue weighted by Gasteiger charge is 2.36. The minimum atomic E-state index is -4.46. The normalized spacial score (nSPS) is 13.4. The van der Waals surface area contributed by atoms with E-state index in [2.05, 4.69) is 9.97 Å². The zero-order valence-electron chi connectivity index (χ0n) is 25.3. The van der Waals surface area contributed by atoms with Crippen LogP contribution in [0.15, 0.2) is 128 Å². The number of hydrogen-bond donors (Lipinski definition) is 0. The number of amides is 2. The quantitative estimate of drug-likeness (QED) is 0.159. The molecule has 1 aliphatic heterocycles. The number of para-hydroxylation sites is 1. The average Bonchev–Trinajstić information content (AvgIpc) is 3.54. The van der Waals surface area contributed by atoms with E-state index in [0.717, 1.165) is 45.6 Å². The number of hydrogen-bond acceptors (Lipinski definition) is 4. The molecule has 4 aromatic carbocycles. The Kier molecular flexibility index (Phi) is 9.24. The molecule has 1 atom stereocenters. The average molecular weight is 633 g/mol. The summed E-state index contributed by atoms with van der Waals surface area (Å²) in [5, 5.41) is 0. The summed E-state index contributed by atoms with van der Waals surface area (Å²) in [6.07, 6.45) is 4.22. The molecular weight excluding hydrogens is 601 g/mol. The molecule has 0 unspecified atom stereocenters. The zero-order valence-corrected chi connectivity index (χ0v) is 25.3. The summed E-state index contributed by atoms with van der Waals surface area (Å²) in [4.78, 5) is 40.1. The smallest absolute Gasteiger partial charge is 0.322 e. The first-order valence-electron chi connectivity index (χ1n) is 15.2. The van der Waals surface area contributed by atoms with Gasteiger partial charge in [-0.1, -0.05) is 84.9 Å². The van der Waals surface area contributed by atoms with E-state index in [-0.39, 0.29) is 18.9 Å². The van der Waals surface area contributed by atoms with Crippen molar-refractivity contribution in [2.24, 2.45) is 0 Å². The molecule has 0 radical (unpaired) electrons. The lowest BCUT2D eigenvalue weighted by molar-refractivity contribution is -0.137. The third-order valence-corrected chi connectivity index (χ3v) is 8.23. The van der Waals surface area contributed by atoms with Crippen LogP contribution in [0.2, 0.25) is 0 Å². The maximum Gasteiger partial charge on any atom is 0.416 e. The summed E-state index contributed by atoms with van der Waals surface area (Å²) in [5.74, 6) is -0.639. The number of carbonyl (C=O) groups excluding carboxylic acids is 2. The second-order valence-corrected chi connectivity index (χ2v) is 11.3. The van der Waals surface area contributed by atoms with Crippen LogP contribution in [-0.4, -0.2) is 39.3 Å². The lowest BCUT2D eigenvalue weighted by Crippen LogP contribution is -2.51. The van der Waals surface area contributed by atoms with Crippen LogP contribution in [0.25, 0.3) is 17.2 Å². The van der Waals surface area contributed by atoms with Crippen molar-refractivity contribution in [3.63, 3.8) is 0 Å². The molecule has 9 heteroatoms. The fraction of sp³-hybridized carbons (Fsp3) is 0.158. The second kappa shape index (κ2) is 13.8. The Hall–Kier alpha value is -5.57. The fourth-order valence-corrected chi connectivity index (χ4v) is 5.75. The largest absolute Gasteiger partial charge is 0.416 e. The van der Waals surface area contributed by atoms with Gasteiger partial charge in [0.2, 0.25) is 11.8 Å². The molecule has 6 nitrogen and oxygen atoms in total. The number of nitrogens with zero attached hydrogens (tertiary/aromatic N) is 4. The number of fused-ring (bicyclic) bond motifs is 1. The van der Waals surface area contributed by atoms with Gasteiger partial charge in [-0.25, -0.2) is 9.97 Å². The fourth-order valence-electron chi connectivity index (χ4n) is 5.75. The Morgan fingerprint density at radius 1 is 0.809 bits per heavy atom. The van der Waals surface area contributed by atoms with Crippen LogP contribution in [-0.2, 0) is 35.2 Å². The van der Waals surface area contributed by atoms with Crippen LogP contribution in [0.1, 0.15) is 27.8 Å². The molecule has 0 aliphatic carbocycles. The third kappa shape index (κ3) is 7.47. The van der Waals surface area contributed by atoms with Crippen molar-refractivity contribution in [1.29, 1.82) is 0 Å². The second-order valence-electron chi connectivity index (χ2n) is 11.3. The van der Waals surface area contributed by atoms with Crippen molar-refractivity contribution in [1.82, 2.24) is 14.9 Å². The maximum atomic E-state index is 14.5. The van der Waals surface area contributed by atoms with Crippen LogP contribution in [0.3, 0.4) is 0 Å². The molecule has 2 heterocycles. The van der Waals surface area contributed by atoms with Crippen LogP contribution < -0.4 is 4.90 Å². The van der Waals surface area contributed by atoms with Gasteiger partial charge in [0.15, 0.2) is 0 Å². The summed E-state index contributed by atoms with van der Waals surface area (Å²) in [6.45, 7) is 0.626. The highest BCUT2D eigenvalue weighted by molar-refractivity contribution is 6.02. The summed E-state index contributed by atoms with van der Waals surface area (Å²) in [6, 6.07) is 28.7. The van der Waals surface area contributed by atoms with Crippen molar-refractivity contribution in [3.05, 3.63) is 156 Å². The van der Waals surface area contributed by atoms with Crippen molar-refractivity contribution < 1.29 is 22.8 Å². The molecule has 0 spiro atoms. The van der Waals surface area contributed by atoms with Gasteiger partial charge in [-0.3, -0.25) is 9.59 Å². The van der Waals surface area contributed by atoms with E-state index in [1.54, 1.807) is 22.2 Å². The number of rotatable bonds is 9. The summed E-state index contributed by atoms with van der Waals surface area (Å²) in [7, 11) is 0. The summed E-state index contributed by atoms with van der Waals surface area (Å²) in [5.41, 5.74) is 5.00. The minimum Gasteiger partial charge on any atom is -0.322 e. The van der Waals surface area contributed by atoms with Crippen LogP contribution in [0, 0.1) is 0 Å². The van der Waals surface area contributed by atoms with Gasteiger partial charge in [0.1, 0.15) is 12.4 Å². The van der Waals surface area contributed by atoms with E-state index in [1.165, 1.54) is 30.6 Å². The molecule has 236 valence electrons. The van der Waals surface area contributed by atoms with E-state index >= 15 is 0 Å². The number of aromatic nitrogens is 2. The topological polar surface area (TPSA) is 66.4 Å². The standard InChI is InChI=1S/C38H31F3N4O2/c39-38(40,41)33-17-12-27(13-18-33)14-19-36(46)45(25-29-10-15-30(16-11-29)32-23-42-26-43-24-32)35(22-28-6-2-1-3-7-28)37(47)44-21-20-31-8-4-5-9-34(31)44/h1-19,23-24,26,35H,20-22,25H2/t35-/m0/s1. The van der Waals surface area contributed by atoms with Gasteiger partial charge in [0.05, 0.1) is 5.56 Å². The molecule has 0 fully saturated rings. The van der Waals surface area contributed by atoms with Gasteiger partial charge >= 0.3 is 6.18 Å². The molecule has 0 saturated carbocycles. The Morgan fingerprint density at radius 2 is 1.49 bits per heavy atom. The molecule has 47 heavy (non-hydrogen) atoms. The molecular formula is C38H31F3N4O2. The van der Waals surface area contributed by atoms with E-state index < -0.39 is 23.7 Å². The first-order chi connectivity index (χ1) is 22.8. The number of alkyl halides is 3. The molecule has 1 aromatic heterocycles. The highest BCUT2D eigenvalue weighted by atomic mass is 19.4. The maximum absolute atomic E-state index is 14.5. The Labute approximate surface area is 270 Å². The van der Waals surface area contributed by atoms with Crippen LogP contribution in [0.5, 0.6) is 0 Å². The number of halogens is 3. The summed E-state index contributed by atoms with van der Waals surface area (Å²) < 4.78 is 39.3. The third-order valence-electron chi connectivity index (χ3n) is 8.23. The predicted octanol–water partition coefficient (Wildman–Crippen LogP) is 7.41. The lowest BCUT2D eigenvalue weighted by Gasteiger charge is -2.33. The molecule has 1 aliphatic rings. The van der Waals surface area contributed by atoms with E-state index in [9.17, 15) is 22.8 Å². The van der Waals surface area contributed by atoms with Crippen molar-refractivity contribution in [3.8, 4) is 11.1 Å². The van der Waals surface area contributed by atoms with E-state index in [0.29, 0.717) is 18.5 Å². The number of benzene rings is 4. The summed E-state index contributed by atoms with van der Waals surface area (Å²) >= 11 is 0. The van der Waals surface area contributed by atoms with Gasteiger partial charge in [0, 0.05) is 49.2 Å². The Balaban J connectivity index is 1.35. The van der Waals surface area contributed by atoms with Gasteiger partial charge in [0.25, 0.3) is 0 Å². The van der Waals surface area contributed by atoms with E-state index in [1.807, 2.05) is 78.9 Å². The van der Waals surface area contributed by atoms with E-state index in [4.69, 9.17) is 0 Å². The Bertz CT molecular complexity index is 1860. The van der Waals surface area contributed by atoms with Crippen LogP contribution in [0.4, 0.5) is 18.9 Å². The van der Waals surface area contributed by atoms with Gasteiger partial charge in [-0.2, -0.15) is 13.2 Å². The first-order valence-corrected chi connectivity index (χ1v) is 15.2. The minimum absolute atomic E-state index is 0.125. The van der Waals surface area contributed by atoms with Crippen molar-refractivity contribution in [2.45, 2.75) is 31.6 Å². The molecule has 5 aromatic rings. The van der Waals surface area contributed by atoms with Crippen molar-refractivity contribution >= 4 is 23.6 Å². The predicted molar refractivity (Wildman–Crippen MR) is 175 cm³/mol. The van der Waals surface area contributed by atoms with Gasteiger partial charge in [-0.05, 0) is 58.5 Å². The number of anilines is 1. The molecule has 6 rings (SSSR count). The SMILES string of the molecule is O=C([C@H](Cc1ccccc1)N(Cc1ccc(-c2cncnc2)cc1)C(=O)C=Cc1ccc(C(F)(F)F)cc1)N1CCc2ccccc21. The monoisotopic (exact) mass is 632 g/mol. The number of carbonyl (C=O) groups is 2. The first kappa shape index (κ1) is 31.4. The van der Waals surface area contributed by atoms with Gasteiger partial charge < -0.3 is 9.80 Å². The highest BCUT2D eigenvalue weighted by Crippen LogP contribution is 2.31. The van der Waals surface area contributed by atoms with Crippen molar-refractivity contribution in [2.75, 3.05) is 11.4 Å². The molecule has 0 bridgehead atoms. The zero-order chi connectivity index (χ0) is 32.8. The molecule has 2 amide bonds. The Morgan fingerprint density at radius 3 is 2.19 bits per heavy atom. The lowest BCUT2D eigenvalue weighted by atomic mass is 10.0. The van der Waals surface area contributed by atoms with Gasteiger partial charge in [-0.15, -0.1) is 0 Å². The van der Waals surface area contributed by atoms with Crippen LogP contribution >= 0.6 is 0 Å². The molecule has 0 saturated heterocycles.